The predicted octanol–water partition coefficient (Wildman–Crippen LogP) is 1.38. The molecule has 102 valence electrons. The Kier molecular flexibility index (Phi) is 5.76. The second-order valence-corrected chi connectivity index (χ2v) is 4.63. The third kappa shape index (κ3) is 4.56. The van der Waals surface area contributed by atoms with E-state index in [0.717, 1.165) is 0 Å². The van der Waals surface area contributed by atoms with Gasteiger partial charge in [0.2, 0.25) is 0 Å². The van der Waals surface area contributed by atoms with Crippen LogP contribution in [0.25, 0.3) is 0 Å². The van der Waals surface area contributed by atoms with Crippen molar-refractivity contribution in [3.63, 3.8) is 0 Å². The number of pyridine rings is 1. The van der Waals surface area contributed by atoms with Crippen molar-refractivity contribution in [2.75, 3.05) is 18.5 Å². The van der Waals surface area contributed by atoms with Crippen LogP contribution in [0.5, 0.6) is 0 Å². The molecule has 0 aromatic carbocycles. The molecule has 0 atom stereocenters. The van der Waals surface area contributed by atoms with Gasteiger partial charge >= 0.3 is 0 Å². The van der Waals surface area contributed by atoms with Crippen molar-refractivity contribution in [1.82, 2.24) is 9.88 Å². The molecule has 1 rings (SSSR count). The molecule has 0 fully saturated rings. The van der Waals surface area contributed by atoms with Crippen LogP contribution in [0.3, 0.4) is 0 Å². The third-order valence-corrected chi connectivity index (χ3v) is 2.51. The van der Waals surface area contributed by atoms with Crippen molar-refractivity contribution < 1.29 is 4.79 Å². The monoisotopic (exact) mass is 261 g/mol. The number of carbonyl (C=O) groups is 1. The summed E-state index contributed by atoms with van der Waals surface area (Å²) in [6, 6.07) is 5.33. The predicted molar refractivity (Wildman–Crippen MR) is 73.0 cm³/mol. The van der Waals surface area contributed by atoms with Crippen LogP contribution in [-0.2, 0) is 0 Å². The Morgan fingerprint density at radius 3 is 2.95 bits per heavy atom. The molecule has 1 amide bonds. The topological polar surface area (TPSA) is 95.0 Å². The first-order valence-electron chi connectivity index (χ1n) is 6.17. The molecule has 0 saturated heterocycles. The first-order chi connectivity index (χ1) is 9.08. The van der Waals surface area contributed by atoms with Gasteiger partial charge in [-0.3, -0.25) is 15.6 Å². The molecule has 3 N–H and O–H groups in total. The molecule has 19 heavy (non-hydrogen) atoms. The van der Waals surface area contributed by atoms with Crippen LogP contribution in [0.1, 0.15) is 30.8 Å². The molecule has 0 bridgehead atoms. The summed E-state index contributed by atoms with van der Waals surface area (Å²) in [4.78, 5) is 18.0. The highest BCUT2D eigenvalue weighted by Crippen LogP contribution is 2.10. The number of nitrogens with two attached hydrogens (primary N) is 1. The summed E-state index contributed by atoms with van der Waals surface area (Å²) in [6.45, 7) is 5.06. The number of nitrogens with zero attached hydrogens (tertiary/aromatic N) is 3. The van der Waals surface area contributed by atoms with Crippen LogP contribution in [0.4, 0.5) is 5.69 Å². The van der Waals surface area contributed by atoms with Crippen molar-refractivity contribution in [1.29, 1.82) is 5.26 Å². The van der Waals surface area contributed by atoms with Crippen LogP contribution in [0.15, 0.2) is 18.3 Å². The van der Waals surface area contributed by atoms with Crippen LogP contribution in [0, 0.1) is 17.2 Å². The zero-order valence-corrected chi connectivity index (χ0v) is 11.3. The van der Waals surface area contributed by atoms with E-state index in [2.05, 4.69) is 16.5 Å². The molecule has 0 spiro atoms. The Bertz CT molecular complexity index is 466. The van der Waals surface area contributed by atoms with Crippen molar-refractivity contribution in [3.8, 4) is 6.07 Å². The van der Waals surface area contributed by atoms with Crippen molar-refractivity contribution in [3.05, 3.63) is 24.0 Å². The maximum Gasteiger partial charge on any atom is 0.272 e. The summed E-state index contributed by atoms with van der Waals surface area (Å²) >= 11 is 0. The number of nitriles is 1. The molecule has 0 aliphatic carbocycles. The van der Waals surface area contributed by atoms with Gasteiger partial charge in [-0.15, -0.1) is 0 Å². The van der Waals surface area contributed by atoms with E-state index in [1.54, 1.807) is 17.0 Å². The summed E-state index contributed by atoms with van der Waals surface area (Å²) < 4.78 is 0. The smallest absolute Gasteiger partial charge is 0.272 e. The highest BCUT2D eigenvalue weighted by atomic mass is 16.2. The number of hydrogen-bond donors (Lipinski definition) is 2. The minimum absolute atomic E-state index is 0.180. The molecule has 6 heteroatoms. The minimum Gasteiger partial charge on any atom is -0.336 e. The molecular formula is C13H19N5O. The molecular weight excluding hydrogens is 242 g/mol. The normalized spacial score (nSPS) is 10.1. The first-order valence-corrected chi connectivity index (χ1v) is 6.17. The van der Waals surface area contributed by atoms with Gasteiger partial charge in [-0.1, -0.05) is 13.8 Å². The summed E-state index contributed by atoms with van der Waals surface area (Å²) in [5.74, 6) is 5.46. The molecule has 0 radical (unpaired) electrons. The fraction of sp³-hybridized carbons (Fsp3) is 0.462. The lowest BCUT2D eigenvalue weighted by atomic mass is 10.2. The van der Waals surface area contributed by atoms with Gasteiger partial charge in [-0.25, -0.2) is 0 Å². The number of hydrazine groups is 1. The van der Waals surface area contributed by atoms with Crippen LogP contribution in [-0.4, -0.2) is 28.9 Å². The van der Waals surface area contributed by atoms with Gasteiger partial charge in [-0.05, 0) is 18.1 Å². The maximum absolute atomic E-state index is 12.3. The van der Waals surface area contributed by atoms with Crippen LogP contribution < -0.4 is 11.3 Å². The van der Waals surface area contributed by atoms with E-state index in [1.165, 1.54) is 6.20 Å². The number of nitrogens with one attached hydrogen (secondary N) is 1. The lowest BCUT2D eigenvalue weighted by Gasteiger charge is -2.23. The lowest BCUT2D eigenvalue weighted by molar-refractivity contribution is 0.0734. The first kappa shape index (κ1) is 14.9. The van der Waals surface area contributed by atoms with E-state index in [1.807, 2.05) is 13.8 Å². The van der Waals surface area contributed by atoms with Crippen LogP contribution >= 0.6 is 0 Å². The van der Waals surface area contributed by atoms with Gasteiger partial charge in [-0.2, -0.15) is 5.26 Å². The van der Waals surface area contributed by atoms with E-state index in [-0.39, 0.29) is 5.91 Å². The molecule has 1 heterocycles. The lowest BCUT2D eigenvalue weighted by Crippen LogP contribution is -2.35. The van der Waals surface area contributed by atoms with Gasteiger partial charge in [0.25, 0.3) is 5.91 Å². The van der Waals surface area contributed by atoms with E-state index < -0.39 is 0 Å². The van der Waals surface area contributed by atoms with E-state index in [0.29, 0.717) is 36.8 Å². The number of aromatic nitrogens is 1. The summed E-state index contributed by atoms with van der Waals surface area (Å²) in [5, 5.41) is 8.65. The van der Waals surface area contributed by atoms with Crippen molar-refractivity contribution in [2.45, 2.75) is 20.3 Å². The Morgan fingerprint density at radius 2 is 2.37 bits per heavy atom. The molecule has 1 aromatic rings. The van der Waals surface area contributed by atoms with Crippen LogP contribution in [0.2, 0.25) is 0 Å². The Labute approximate surface area is 113 Å². The van der Waals surface area contributed by atoms with E-state index in [9.17, 15) is 4.79 Å². The Morgan fingerprint density at radius 1 is 1.63 bits per heavy atom. The number of anilines is 1. The van der Waals surface area contributed by atoms with Gasteiger partial charge < -0.3 is 10.3 Å². The average molecular weight is 261 g/mol. The molecule has 1 aromatic heterocycles. The second kappa shape index (κ2) is 7.34. The molecule has 0 aliphatic heterocycles. The highest BCUT2D eigenvalue weighted by Gasteiger charge is 2.18. The van der Waals surface area contributed by atoms with Crippen molar-refractivity contribution >= 4 is 11.6 Å². The zero-order chi connectivity index (χ0) is 14.3. The molecule has 0 unspecified atom stereocenters. The summed E-state index contributed by atoms with van der Waals surface area (Å²) in [5.41, 5.74) is 3.44. The fourth-order valence-electron chi connectivity index (χ4n) is 1.70. The van der Waals surface area contributed by atoms with Gasteiger partial charge in [0.05, 0.1) is 18.2 Å². The Balaban J connectivity index is 2.87. The largest absolute Gasteiger partial charge is 0.336 e. The second-order valence-electron chi connectivity index (χ2n) is 4.63. The summed E-state index contributed by atoms with van der Waals surface area (Å²) in [6.07, 6.45) is 1.84. The summed E-state index contributed by atoms with van der Waals surface area (Å²) in [7, 11) is 0. The number of hydrogen-bond acceptors (Lipinski definition) is 5. The van der Waals surface area contributed by atoms with Gasteiger partial charge in [0.15, 0.2) is 0 Å². The maximum atomic E-state index is 12.3. The molecule has 0 saturated carbocycles. The SMILES string of the molecule is CC(C)CN(CCC#N)C(=O)c1cc(NN)ccn1. The van der Waals surface area contributed by atoms with E-state index in [4.69, 9.17) is 11.1 Å². The third-order valence-electron chi connectivity index (χ3n) is 2.51. The highest BCUT2D eigenvalue weighted by molar-refractivity contribution is 5.93. The number of carbonyl (C=O) groups excluding carboxylic acids is 1. The molecule has 6 nitrogen and oxygen atoms in total. The number of nitrogen functional groups attached to an aromatic ring is 1. The van der Waals surface area contributed by atoms with Crippen molar-refractivity contribution in [2.24, 2.45) is 11.8 Å². The van der Waals surface area contributed by atoms with E-state index >= 15 is 0 Å². The standard InChI is InChI=1S/C13H19N5O/c1-10(2)9-18(7-3-5-14)13(19)12-8-11(17-15)4-6-16-12/h4,6,8,10H,3,7,9,15H2,1-2H3,(H,16,17). The average Bonchev–Trinajstić information content (AvgIpc) is 2.42. The Hall–Kier alpha value is -2.13. The fourth-order valence-corrected chi connectivity index (χ4v) is 1.70. The number of amides is 1. The molecule has 0 aliphatic rings. The van der Waals surface area contributed by atoms with Gasteiger partial charge in [0, 0.05) is 19.3 Å². The zero-order valence-electron chi connectivity index (χ0n) is 11.3. The van der Waals surface area contributed by atoms with Gasteiger partial charge in [0.1, 0.15) is 5.69 Å². The number of rotatable bonds is 6. The quantitative estimate of drug-likeness (QED) is 0.596. The minimum atomic E-state index is -0.180.